The number of hydrogen-bond donors (Lipinski definition) is 2. The number of rotatable bonds is 7. The van der Waals surface area contributed by atoms with Gasteiger partial charge in [-0.1, -0.05) is 32.0 Å². The third-order valence-corrected chi connectivity index (χ3v) is 4.27. The predicted octanol–water partition coefficient (Wildman–Crippen LogP) is 4.47. The van der Waals surface area contributed by atoms with Crippen LogP contribution in [-0.4, -0.2) is 11.7 Å². The Morgan fingerprint density at radius 3 is 2.11 bits per heavy atom. The molecule has 0 unspecified atom stereocenters. The number of carbonyl (C=O) groups is 2. The fraction of sp³-hybridized carbons (Fsp3) is 0.227. The fourth-order valence-electron chi connectivity index (χ4n) is 2.71. The van der Waals surface area contributed by atoms with Crippen molar-refractivity contribution in [2.45, 2.75) is 33.6 Å². The smallest absolute Gasteiger partial charge is 0.267 e. The number of nitrogens with one attached hydrogen (secondary N) is 2. The Balaban J connectivity index is 2.18. The van der Waals surface area contributed by atoms with Crippen molar-refractivity contribution < 1.29 is 9.59 Å². The average Bonchev–Trinajstić information content (AvgIpc) is 2.68. The largest absolute Gasteiger partial charge is 0.360 e. The summed E-state index contributed by atoms with van der Waals surface area (Å²) in [5, 5.41) is 15.2. The molecule has 0 bridgehead atoms. The van der Waals surface area contributed by atoms with Crippen LogP contribution in [0.25, 0.3) is 0 Å². The van der Waals surface area contributed by atoms with Gasteiger partial charge in [0.2, 0.25) is 0 Å². The van der Waals surface area contributed by atoms with Gasteiger partial charge in [0.1, 0.15) is 11.6 Å². The van der Waals surface area contributed by atoms with Crippen molar-refractivity contribution in [2.75, 3.05) is 10.6 Å². The zero-order valence-corrected chi connectivity index (χ0v) is 15.8. The topological polar surface area (TPSA) is 82.0 Å². The minimum Gasteiger partial charge on any atom is -0.360 e. The highest BCUT2D eigenvalue weighted by Crippen LogP contribution is 2.23. The van der Waals surface area contributed by atoms with E-state index in [1.165, 1.54) is 13.1 Å². The van der Waals surface area contributed by atoms with Gasteiger partial charge in [0.15, 0.2) is 5.78 Å². The van der Waals surface area contributed by atoms with E-state index >= 15 is 0 Å². The Labute approximate surface area is 159 Å². The number of benzene rings is 2. The molecule has 0 aliphatic heterocycles. The van der Waals surface area contributed by atoms with E-state index in [-0.39, 0.29) is 11.4 Å². The maximum absolute atomic E-state index is 12.4. The third kappa shape index (κ3) is 5.05. The van der Waals surface area contributed by atoms with Gasteiger partial charge in [-0.15, -0.1) is 0 Å². The van der Waals surface area contributed by atoms with Gasteiger partial charge in [-0.2, -0.15) is 5.26 Å². The lowest BCUT2D eigenvalue weighted by molar-refractivity contribution is -0.112. The molecule has 27 heavy (non-hydrogen) atoms. The number of nitriles is 1. The number of nitrogens with zero attached hydrogens (tertiary/aromatic N) is 1. The van der Waals surface area contributed by atoms with Crippen molar-refractivity contribution in [3.63, 3.8) is 0 Å². The molecule has 2 aromatic carbocycles. The molecule has 2 rings (SSSR count). The molecule has 0 radical (unpaired) electrons. The molecule has 1 amide bonds. The Hall–Kier alpha value is -3.39. The molecule has 5 nitrogen and oxygen atoms in total. The number of amides is 1. The van der Waals surface area contributed by atoms with Crippen LogP contribution in [0, 0.1) is 11.3 Å². The quantitative estimate of drug-likeness (QED) is 0.433. The molecule has 0 atom stereocenters. The lowest BCUT2D eigenvalue weighted by Gasteiger charge is -2.13. The monoisotopic (exact) mass is 361 g/mol. The summed E-state index contributed by atoms with van der Waals surface area (Å²) in [4.78, 5) is 23.7. The highest BCUT2D eigenvalue weighted by Gasteiger charge is 2.11. The summed E-state index contributed by atoms with van der Waals surface area (Å²) in [6.45, 7) is 5.60. The molecule has 0 spiro atoms. The summed E-state index contributed by atoms with van der Waals surface area (Å²) in [6.07, 6.45) is 3.13. The predicted molar refractivity (Wildman–Crippen MR) is 108 cm³/mol. The number of Topliss-reactive ketones (excluding diaryl/α,β-unsaturated/α-hetero) is 1. The second-order valence-electron chi connectivity index (χ2n) is 6.06. The van der Waals surface area contributed by atoms with E-state index in [4.69, 9.17) is 0 Å². The van der Waals surface area contributed by atoms with Gasteiger partial charge in [-0.25, -0.2) is 0 Å². The minimum absolute atomic E-state index is 0.0291. The molecular formula is C22H23N3O2. The van der Waals surface area contributed by atoms with Crippen molar-refractivity contribution in [3.05, 3.63) is 70.9 Å². The van der Waals surface area contributed by atoms with E-state index in [1.807, 2.05) is 24.3 Å². The van der Waals surface area contributed by atoms with Crippen molar-refractivity contribution >= 4 is 23.1 Å². The molecule has 2 N–H and O–H groups in total. The SMILES string of the molecule is CCc1cccc(CC)c1N/C=C(/C#N)C(=O)Nc1ccc(C(C)=O)cc1. The average molecular weight is 361 g/mol. The number of para-hydroxylation sites is 1. The Kier molecular flexibility index (Phi) is 6.90. The molecule has 0 fully saturated rings. The van der Waals surface area contributed by atoms with Crippen LogP contribution in [0.15, 0.2) is 54.2 Å². The first-order valence-corrected chi connectivity index (χ1v) is 8.90. The molecule has 0 saturated carbocycles. The molecular weight excluding hydrogens is 338 g/mol. The first-order valence-electron chi connectivity index (χ1n) is 8.90. The van der Waals surface area contributed by atoms with Crippen LogP contribution in [0.3, 0.4) is 0 Å². The van der Waals surface area contributed by atoms with E-state index in [9.17, 15) is 14.9 Å². The second kappa shape index (κ2) is 9.35. The molecule has 5 heteroatoms. The maximum atomic E-state index is 12.4. The molecule has 2 aromatic rings. The molecule has 0 saturated heterocycles. The molecule has 0 aromatic heterocycles. The number of hydrogen-bond acceptors (Lipinski definition) is 4. The normalized spacial score (nSPS) is 10.8. The summed E-state index contributed by atoms with van der Waals surface area (Å²) >= 11 is 0. The first-order chi connectivity index (χ1) is 13.0. The van der Waals surface area contributed by atoms with E-state index in [1.54, 1.807) is 24.3 Å². The van der Waals surface area contributed by atoms with Gasteiger partial charge < -0.3 is 10.6 Å². The molecule has 0 aliphatic rings. The third-order valence-electron chi connectivity index (χ3n) is 4.27. The summed E-state index contributed by atoms with van der Waals surface area (Å²) < 4.78 is 0. The summed E-state index contributed by atoms with van der Waals surface area (Å²) in [7, 11) is 0. The van der Waals surface area contributed by atoms with E-state index in [0.29, 0.717) is 11.3 Å². The van der Waals surface area contributed by atoms with Gasteiger partial charge in [-0.3, -0.25) is 9.59 Å². The zero-order chi connectivity index (χ0) is 19.8. The van der Waals surface area contributed by atoms with Crippen molar-refractivity contribution in [2.24, 2.45) is 0 Å². The summed E-state index contributed by atoms with van der Waals surface area (Å²) in [5.41, 5.74) is 4.25. The van der Waals surface area contributed by atoms with Crippen LogP contribution in [-0.2, 0) is 17.6 Å². The van der Waals surface area contributed by atoms with Crippen molar-refractivity contribution in [1.29, 1.82) is 5.26 Å². The van der Waals surface area contributed by atoms with Crippen LogP contribution in [0.2, 0.25) is 0 Å². The van der Waals surface area contributed by atoms with Gasteiger partial charge >= 0.3 is 0 Å². The molecule has 0 heterocycles. The Morgan fingerprint density at radius 2 is 1.63 bits per heavy atom. The standard InChI is InChI=1S/C22H23N3O2/c1-4-16-7-6-8-17(5-2)21(16)24-14-19(13-23)22(27)25-20-11-9-18(10-12-20)15(3)26/h6-12,14,24H,4-5H2,1-3H3,(H,25,27)/b19-14-. The lowest BCUT2D eigenvalue weighted by atomic mass is 10.0. The van der Waals surface area contributed by atoms with Gasteiger partial charge in [0, 0.05) is 23.1 Å². The Morgan fingerprint density at radius 1 is 1.04 bits per heavy atom. The maximum Gasteiger partial charge on any atom is 0.267 e. The number of aryl methyl sites for hydroxylation is 2. The van der Waals surface area contributed by atoms with Crippen LogP contribution in [0.4, 0.5) is 11.4 Å². The van der Waals surface area contributed by atoms with Gasteiger partial charge in [0.05, 0.1) is 0 Å². The van der Waals surface area contributed by atoms with Crippen molar-refractivity contribution in [3.8, 4) is 6.07 Å². The highest BCUT2D eigenvalue weighted by atomic mass is 16.1. The summed E-state index contributed by atoms with van der Waals surface area (Å²) in [6, 6.07) is 14.5. The number of anilines is 2. The van der Waals surface area contributed by atoms with E-state index in [0.717, 1.165) is 29.7 Å². The Bertz CT molecular complexity index is 884. The van der Waals surface area contributed by atoms with Gasteiger partial charge in [0.25, 0.3) is 5.91 Å². The summed E-state index contributed by atoms with van der Waals surface area (Å²) in [5.74, 6) is -0.552. The van der Waals surface area contributed by atoms with Crippen LogP contribution in [0.5, 0.6) is 0 Å². The van der Waals surface area contributed by atoms with Crippen LogP contribution >= 0.6 is 0 Å². The van der Waals surface area contributed by atoms with Crippen LogP contribution in [0.1, 0.15) is 42.3 Å². The highest BCUT2D eigenvalue weighted by molar-refractivity contribution is 6.07. The van der Waals surface area contributed by atoms with Gasteiger partial charge in [-0.05, 0) is 55.2 Å². The number of ketones is 1. The minimum atomic E-state index is -0.507. The second-order valence-corrected chi connectivity index (χ2v) is 6.06. The zero-order valence-electron chi connectivity index (χ0n) is 15.8. The van der Waals surface area contributed by atoms with Crippen LogP contribution < -0.4 is 10.6 Å². The first kappa shape index (κ1) is 19.9. The fourth-order valence-corrected chi connectivity index (χ4v) is 2.71. The van der Waals surface area contributed by atoms with E-state index in [2.05, 4.69) is 24.5 Å². The van der Waals surface area contributed by atoms with E-state index < -0.39 is 5.91 Å². The lowest BCUT2D eigenvalue weighted by Crippen LogP contribution is -2.15. The molecule has 0 aliphatic carbocycles. The number of carbonyl (C=O) groups excluding carboxylic acids is 2. The van der Waals surface area contributed by atoms with Crippen molar-refractivity contribution in [1.82, 2.24) is 0 Å². The molecule has 138 valence electrons.